The van der Waals surface area contributed by atoms with Gasteiger partial charge in [0, 0.05) is 4.47 Å². The average Bonchev–Trinajstić information content (AvgIpc) is 2.36. The van der Waals surface area contributed by atoms with Crippen molar-refractivity contribution in [1.29, 1.82) is 0 Å². The summed E-state index contributed by atoms with van der Waals surface area (Å²) < 4.78 is 1.47. The molecule has 0 saturated carbocycles. The molecule has 0 N–H and O–H groups in total. The van der Waals surface area contributed by atoms with Crippen molar-refractivity contribution in [3.63, 3.8) is 0 Å². The second kappa shape index (κ2) is 4.18. The Morgan fingerprint density at radius 1 is 0.688 bits per heavy atom. The molecule has 2 aliphatic rings. The summed E-state index contributed by atoms with van der Waals surface area (Å²) in [4.78, 5) is 0. The van der Waals surface area contributed by atoms with Gasteiger partial charge in [0.15, 0.2) is 0 Å². The van der Waals surface area contributed by atoms with E-state index in [4.69, 9.17) is 0 Å². The Labute approximate surface area is 107 Å². The van der Waals surface area contributed by atoms with Crippen LogP contribution in [0.3, 0.4) is 0 Å². The Hall–Kier alpha value is -0.300. The summed E-state index contributed by atoms with van der Waals surface area (Å²) in [6.45, 7) is 2.36. The molecule has 0 nitrogen and oxygen atoms in total. The lowest BCUT2D eigenvalue weighted by Crippen LogP contribution is -2.14. The highest BCUT2D eigenvalue weighted by Gasteiger charge is 2.23. The summed E-state index contributed by atoms with van der Waals surface area (Å²) in [6, 6.07) is 0. The van der Waals surface area contributed by atoms with Gasteiger partial charge in [-0.2, -0.15) is 0 Å². The van der Waals surface area contributed by atoms with Crippen LogP contribution in [0.2, 0.25) is 0 Å². The van der Waals surface area contributed by atoms with Gasteiger partial charge in [0.2, 0.25) is 0 Å². The largest absolute Gasteiger partial charge is 0.0502 e. The molecule has 0 amide bonds. The minimum atomic E-state index is 1.30. The molecule has 0 bridgehead atoms. The number of benzene rings is 1. The van der Waals surface area contributed by atoms with Crippen molar-refractivity contribution in [1.82, 2.24) is 0 Å². The predicted molar refractivity (Wildman–Crippen MR) is 72.2 cm³/mol. The lowest BCUT2D eigenvalue weighted by atomic mass is 9.80. The predicted octanol–water partition coefficient (Wildman–Crippen LogP) is 4.52. The topological polar surface area (TPSA) is 0 Å². The van der Waals surface area contributed by atoms with Gasteiger partial charge < -0.3 is 0 Å². The monoisotopic (exact) mass is 278 g/mol. The van der Waals surface area contributed by atoms with Crippen LogP contribution in [0.1, 0.15) is 53.5 Å². The van der Waals surface area contributed by atoms with E-state index in [1.54, 1.807) is 27.8 Å². The number of rotatable bonds is 0. The van der Waals surface area contributed by atoms with Crippen LogP contribution >= 0.6 is 15.9 Å². The molecule has 0 aromatic heterocycles. The first-order chi connectivity index (χ1) is 7.79. The first-order valence-corrected chi connectivity index (χ1v) is 7.40. The summed E-state index contributed by atoms with van der Waals surface area (Å²) in [7, 11) is 0. The van der Waals surface area contributed by atoms with E-state index >= 15 is 0 Å². The molecule has 0 aliphatic heterocycles. The molecular weight excluding hydrogens is 260 g/mol. The molecule has 0 saturated heterocycles. The molecular formula is C15H19Br. The van der Waals surface area contributed by atoms with Gasteiger partial charge in [0.1, 0.15) is 0 Å². The molecule has 1 heteroatoms. The van der Waals surface area contributed by atoms with Gasteiger partial charge in [0.05, 0.1) is 0 Å². The normalized spacial score (nSPS) is 19.1. The molecule has 3 rings (SSSR count). The van der Waals surface area contributed by atoms with Gasteiger partial charge in [-0.1, -0.05) is 15.9 Å². The van der Waals surface area contributed by atoms with Gasteiger partial charge in [-0.25, -0.2) is 0 Å². The molecule has 2 aliphatic carbocycles. The van der Waals surface area contributed by atoms with E-state index in [1.807, 2.05) is 0 Å². The van der Waals surface area contributed by atoms with Crippen molar-refractivity contribution in [3.05, 3.63) is 32.3 Å². The minimum Gasteiger partial charge on any atom is -0.0502 e. The van der Waals surface area contributed by atoms with Crippen molar-refractivity contribution in [2.24, 2.45) is 0 Å². The van der Waals surface area contributed by atoms with E-state index in [-0.39, 0.29) is 0 Å². The maximum Gasteiger partial charge on any atom is 0.0245 e. The Morgan fingerprint density at radius 3 is 1.50 bits per heavy atom. The quantitative estimate of drug-likeness (QED) is 0.655. The fourth-order valence-corrected chi connectivity index (χ4v) is 4.36. The van der Waals surface area contributed by atoms with Gasteiger partial charge >= 0.3 is 0 Å². The second-order valence-electron chi connectivity index (χ2n) is 5.27. The van der Waals surface area contributed by atoms with E-state index in [2.05, 4.69) is 22.9 Å². The first-order valence-electron chi connectivity index (χ1n) is 6.60. The van der Waals surface area contributed by atoms with Gasteiger partial charge in [0.25, 0.3) is 0 Å². The van der Waals surface area contributed by atoms with E-state index in [0.29, 0.717) is 0 Å². The molecule has 0 atom stereocenters. The van der Waals surface area contributed by atoms with Crippen LogP contribution in [0.25, 0.3) is 0 Å². The van der Waals surface area contributed by atoms with Gasteiger partial charge in [-0.3, -0.25) is 0 Å². The standard InChI is InChI=1S/C15H19Br/c1-10-11-6-2-4-8-13(11)15(16)14-9-5-3-7-12(10)14/h2-9H2,1H3. The minimum absolute atomic E-state index is 1.30. The van der Waals surface area contributed by atoms with E-state index < -0.39 is 0 Å². The fourth-order valence-electron chi connectivity index (χ4n) is 3.49. The van der Waals surface area contributed by atoms with Crippen molar-refractivity contribution in [2.45, 2.75) is 58.3 Å². The molecule has 1 aromatic carbocycles. The van der Waals surface area contributed by atoms with Crippen molar-refractivity contribution in [3.8, 4) is 0 Å². The molecule has 0 spiro atoms. The zero-order valence-electron chi connectivity index (χ0n) is 10.0. The van der Waals surface area contributed by atoms with Crippen LogP contribution in [-0.2, 0) is 25.7 Å². The highest BCUT2D eigenvalue weighted by Crippen LogP contribution is 2.39. The highest BCUT2D eigenvalue weighted by atomic mass is 79.9. The Balaban J connectivity index is 2.24. The summed E-state index contributed by atoms with van der Waals surface area (Å²) >= 11 is 3.89. The van der Waals surface area contributed by atoms with E-state index in [1.165, 1.54) is 55.8 Å². The van der Waals surface area contributed by atoms with Gasteiger partial charge in [-0.15, -0.1) is 0 Å². The van der Waals surface area contributed by atoms with Crippen LogP contribution in [0, 0.1) is 6.92 Å². The summed E-state index contributed by atoms with van der Waals surface area (Å²) in [5, 5.41) is 0. The first kappa shape index (κ1) is 10.8. The number of hydrogen-bond acceptors (Lipinski definition) is 0. The Kier molecular flexibility index (Phi) is 2.83. The zero-order chi connectivity index (χ0) is 11.1. The molecule has 0 radical (unpaired) electrons. The lowest BCUT2D eigenvalue weighted by Gasteiger charge is -2.28. The third-order valence-electron chi connectivity index (χ3n) is 4.37. The SMILES string of the molecule is Cc1c2c(c(Br)c3c1CCCC3)CCCC2. The summed E-state index contributed by atoms with van der Waals surface area (Å²) in [6.07, 6.45) is 10.7. The number of hydrogen-bond donors (Lipinski definition) is 0. The van der Waals surface area contributed by atoms with Crippen molar-refractivity contribution >= 4 is 15.9 Å². The van der Waals surface area contributed by atoms with Gasteiger partial charge in [-0.05, 0) is 86.1 Å². The van der Waals surface area contributed by atoms with E-state index in [0.717, 1.165) is 0 Å². The Bertz CT molecular complexity index is 354. The van der Waals surface area contributed by atoms with E-state index in [9.17, 15) is 0 Å². The van der Waals surface area contributed by atoms with Crippen LogP contribution in [0.4, 0.5) is 0 Å². The molecule has 0 unspecified atom stereocenters. The average molecular weight is 279 g/mol. The van der Waals surface area contributed by atoms with Crippen molar-refractivity contribution < 1.29 is 0 Å². The van der Waals surface area contributed by atoms with Crippen LogP contribution < -0.4 is 0 Å². The third kappa shape index (κ3) is 1.55. The smallest absolute Gasteiger partial charge is 0.0245 e. The van der Waals surface area contributed by atoms with Crippen LogP contribution in [-0.4, -0.2) is 0 Å². The molecule has 86 valence electrons. The number of fused-ring (bicyclic) bond motifs is 2. The summed E-state index contributed by atoms with van der Waals surface area (Å²) in [5.41, 5.74) is 8.28. The maximum absolute atomic E-state index is 3.89. The van der Waals surface area contributed by atoms with Crippen LogP contribution in [0.5, 0.6) is 0 Å². The lowest BCUT2D eigenvalue weighted by molar-refractivity contribution is 0.647. The molecule has 1 aromatic rings. The maximum atomic E-state index is 3.89. The zero-order valence-corrected chi connectivity index (χ0v) is 11.6. The Morgan fingerprint density at radius 2 is 1.06 bits per heavy atom. The summed E-state index contributed by atoms with van der Waals surface area (Å²) in [5.74, 6) is 0. The third-order valence-corrected chi connectivity index (χ3v) is 5.33. The molecule has 0 fully saturated rings. The molecule has 16 heavy (non-hydrogen) atoms. The second-order valence-corrected chi connectivity index (χ2v) is 6.06. The van der Waals surface area contributed by atoms with Crippen LogP contribution in [0.15, 0.2) is 4.47 Å². The number of halogens is 1. The molecule has 0 heterocycles. The highest BCUT2D eigenvalue weighted by molar-refractivity contribution is 9.10. The van der Waals surface area contributed by atoms with Crippen molar-refractivity contribution in [2.75, 3.05) is 0 Å². The fraction of sp³-hybridized carbons (Fsp3) is 0.600.